The molecule has 26 nitrogen and oxygen atoms in total. The Morgan fingerprint density at radius 1 is 0.542 bits per heavy atom. The molecule has 18 N–H and O–H groups in total. The van der Waals surface area contributed by atoms with E-state index in [9.17, 15) is 63.0 Å². The molecule has 0 aromatic carbocycles. The van der Waals surface area contributed by atoms with E-state index in [1.54, 1.807) is 0 Å². The highest BCUT2D eigenvalue weighted by Gasteiger charge is 2.34. The van der Waals surface area contributed by atoms with Gasteiger partial charge in [-0.25, -0.2) is 4.79 Å². The van der Waals surface area contributed by atoms with Crippen LogP contribution in [0.3, 0.4) is 0 Å². The van der Waals surface area contributed by atoms with E-state index in [1.807, 2.05) is 0 Å². The number of aliphatic carboxylic acids is 3. The second-order valence-corrected chi connectivity index (χ2v) is 13.7. The molecule has 0 aromatic rings. The van der Waals surface area contributed by atoms with Gasteiger partial charge in [0.25, 0.3) is 0 Å². The fourth-order valence-corrected chi connectivity index (χ4v) is 4.82. The number of nitrogens with two attached hydrogens (primary N) is 3. The number of hydrogen-bond donors (Lipinski definition) is 15. The number of guanidine groups is 1. The molecule has 0 heterocycles. The van der Waals surface area contributed by atoms with E-state index in [-0.39, 0.29) is 19.4 Å². The fraction of sp³-hybridized carbons (Fsp3) is 0.636. The van der Waals surface area contributed by atoms with Gasteiger partial charge in [-0.2, -0.15) is 0 Å². The predicted molar refractivity (Wildman–Crippen MR) is 203 cm³/mol. The third-order valence-electron chi connectivity index (χ3n) is 8.10. The summed E-state index contributed by atoms with van der Waals surface area (Å²) in [6, 6.07) is -12.0. The molecule has 0 saturated carbocycles. The van der Waals surface area contributed by atoms with Gasteiger partial charge in [0.05, 0.1) is 18.9 Å². The highest BCUT2D eigenvalue weighted by Crippen LogP contribution is 2.06. The molecule has 0 bridgehead atoms. The van der Waals surface area contributed by atoms with E-state index in [0.29, 0.717) is 0 Å². The summed E-state index contributed by atoms with van der Waals surface area (Å²) in [5.41, 5.74) is 16.1. The van der Waals surface area contributed by atoms with E-state index >= 15 is 0 Å². The van der Waals surface area contributed by atoms with Crippen molar-refractivity contribution in [3.63, 3.8) is 0 Å². The molecular weight excluding hydrogens is 788 g/mol. The molecule has 0 saturated heterocycles. The van der Waals surface area contributed by atoms with Gasteiger partial charge in [-0.15, -0.1) is 0 Å². The van der Waals surface area contributed by atoms with Gasteiger partial charge in [-0.05, 0) is 46.0 Å². The van der Waals surface area contributed by atoms with Gasteiger partial charge in [0.1, 0.15) is 42.3 Å². The van der Waals surface area contributed by atoms with Gasteiger partial charge in [-0.3, -0.25) is 53.4 Å². The predicted octanol–water partition coefficient (Wildman–Crippen LogP) is -6.01. The molecule has 8 atom stereocenters. The number of carboxylic acid groups (broad SMARTS) is 3. The molecule has 0 rings (SSSR count). The first-order valence-electron chi connectivity index (χ1n) is 18.2. The molecule has 26 heteroatoms. The largest absolute Gasteiger partial charge is 0.481 e. The summed E-state index contributed by atoms with van der Waals surface area (Å²) >= 11 is 0. The Labute approximate surface area is 338 Å². The summed E-state index contributed by atoms with van der Waals surface area (Å²) < 4.78 is 0. The number of rotatable bonds is 27. The average molecular weight is 845 g/mol. The smallest absolute Gasteiger partial charge is 0.326 e. The summed E-state index contributed by atoms with van der Waals surface area (Å²) in [5, 5.41) is 53.3. The van der Waals surface area contributed by atoms with Crippen LogP contribution in [0.5, 0.6) is 0 Å². The van der Waals surface area contributed by atoms with E-state index in [4.69, 9.17) is 27.7 Å². The van der Waals surface area contributed by atoms with Crippen LogP contribution >= 0.6 is 0 Å². The Morgan fingerprint density at radius 3 is 1.42 bits per heavy atom. The zero-order chi connectivity index (χ0) is 45.7. The van der Waals surface area contributed by atoms with Crippen molar-refractivity contribution in [2.24, 2.45) is 23.1 Å². The number of amides is 8. The lowest BCUT2D eigenvalue weighted by Crippen LogP contribution is -2.60. The first-order valence-corrected chi connectivity index (χ1v) is 18.2. The summed E-state index contributed by atoms with van der Waals surface area (Å²) in [6.07, 6.45) is -3.06. The SMILES string of the molecule is CC(C)[C@H](NC(=O)[C@H](C)NC(=O)[C@H](CC(=O)O)NC(=O)[C@H](C)NC(=O)[C@H](CCCNC(=N)N)NC(=O)[C@H](CC(N)=O)NC(=O)[C@H](CCC(=O)O)NC(=O)[C@H](C)N)C(=O)O. The van der Waals surface area contributed by atoms with E-state index in [2.05, 4.69) is 42.5 Å². The standard InChI is InChI=1S/C33H56N12O14/c1-13(2)24(32(58)59)45-27(53)16(5)40-30(56)20(12-23(49)50)43-26(52)15(4)39-28(54)17(7-6-10-38-33(36)37)42-31(57)19(11-21(35)46)44-29(55)18(8-9-22(47)48)41-25(51)14(3)34/h13-20,24H,6-12,34H2,1-5H3,(H2,35,46)(H,39,54)(H,40,56)(H,41,51)(H,42,57)(H,43,52)(H,44,55)(H,45,53)(H,47,48)(H,49,50)(H,58,59)(H4,36,37,38)/t14-,15-,16-,17-,18-,19-,20-,24-/m0/s1. The number of nitrogens with one attached hydrogen (secondary N) is 9. The van der Waals surface area contributed by atoms with E-state index in [1.165, 1.54) is 27.7 Å². The zero-order valence-corrected chi connectivity index (χ0v) is 33.2. The van der Waals surface area contributed by atoms with Crippen molar-refractivity contribution in [3.8, 4) is 0 Å². The Balaban J connectivity index is 6.17. The van der Waals surface area contributed by atoms with Crippen molar-refractivity contribution in [2.75, 3.05) is 6.54 Å². The zero-order valence-electron chi connectivity index (χ0n) is 33.2. The average Bonchev–Trinajstić information content (AvgIpc) is 3.11. The monoisotopic (exact) mass is 844 g/mol. The number of hydrogen-bond acceptors (Lipinski definition) is 13. The minimum Gasteiger partial charge on any atom is -0.481 e. The maximum absolute atomic E-state index is 13.5. The van der Waals surface area contributed by atoms with Gasteiger partial charge >= 0.3 is 17.9 Å². The Hall–Kier alpha value is -6.60. The molecule has 0 aromatic heterocycles. The van der Waals surface area contributed by atoms with Crippen molar-refractivity contribution in [1.82, 2.24) is 42.5 Å². The number of carbonyl (C=O) groups is 11. The maximum atomic E-state index is 13.5. The van der Waals surface area contributed by atoms with Crippen molar-refractivity contribution in [3.05, 3.63) is 0 Å². The normalized spacial score (nSPS) is 14.8. The van der Waals surface area contributed by atoms with Crippen molar-refractivity contribution < 1.29 is 68.1 Å². The minimum absolute atomic E-state index is 0.00779. The summed E-state index contributed by atoms with van der Waals surface area (Å²) in [7, 11) is 0. The number of primary amides is 1. The first-order chi connectivity index (χ1) is 27.3. The lowest BCUT2D eigenvalue weighted by Gasteiger charge is -2.26. The van der Waals surface area contributed by atoms with Crippen molar-refractivity contribution in [1.29, 1.82) is 5.41 Å². The molecular formula is C33H56N12O14. The van der Waals surface area contributed by atoms with Crippen LogP contribution in [0.25, 0.3) is 0 Å². The van der Waals surface area contributed by atoms with Crippen LogP contribution < -0.4 is 59.7 Å². The topological polar surface area (TPSA) is 447 Å². The lowest BCUT2D eigenvalue weighted by molar-refractivity contribution is -0.144. The highest BCUT2D eigenvalue weighted by atomic mass is 16.4. The number of carbonyl (C=O) groups excluding carboxylic acids is 8. The molecule has 0 spiro atoms. The second-order valence-electron chi connectivity index (χ2n) is 13.7. The quantitative estimate of drug-likeness (QED) is 0.0208. The van der Waals surface area contributed by atoms with Crippen LogP contribution in [0.15, 0.2) is 0 Å². The Kier molecular flexibility index (Phi) is 22.7. The lowest BCUT2D eigenvalue weighted by atomic mass is 10.0. The van der Waals surface area contributed by atoms with Crippen LogP contribution in [0.2, 0.25) is 0 Å². The Morgan fingerprint density at radius 2 is 0.966 bits per heavy atom. The molecule has 0 radical (unpaired) electrons. The summed E-state index contributed by atoms with van der Waals surface area (Å²) in [6.45, 7) is 6.68. The van der Waals surface area contributed by atoms with E-state index in [0.717, 1.165) is 6.92 Å². The van der Waals surface area contributed by atoms with Gasteiger partial charge in [0.2, 0.25) is 47.3 Å². The first kappa shape index (κ1) is 52.4. The third-order valence-corrected chi connectivity index (χ3v) is 8.10. The van der Waals surface area contributed by atoms with Gasteiger partial charge in [-0.1, -0.05) is 13.8 Å². The van der Waals surface area contributed by atoms with Crippen LogP contribution in [0, 0.1) is 11.3 Å². The third kappa shape index (κ3) is 20.9. The van der Waals surface area contributed by atoms with Gasteiger partial charge in [0, 0.05) is 13.0 Å². The van der Waals surface area contributed by atoms with Crippen LogP contribution in [-0.2, 0) is 52.7 Å². The molecule has 332 valence electrons. The van der Waals surface area contributed by atoms with Gasteiger partial charge < -0.3 is 75.1 Å². The van der Waals surface area contributed by atoms with Crippen LogP contribution in [-0.4, -0.2) is 141 Å². The minimum atomic E-state index is -1.81. The van der Waals surface area contributed by atoms with E-state index < -0.39 is 151 Å². The fourth-order valence-electron chi connectivity index (χ4n) is 4.82. The molecule has 0 aliphatic heterocycles. The highest BCUT2D eigenvalue weighted by molar-refractivity contribution is 5.99. The van der Waals surface area contributed by atoms with Crippen molar-refractivity contribution in [2.45, 2.75) is 121 Å². The molecule has 8 amide bonds. The molecule has 0 aliphatic carbocycles. The van der Waals surface area contributed by atoms with Crippen molar-refractivity contribution >= 4 is 71.1 Å². The molecule has 0 aliphatic rings. The molecule has 59 heavy (non-hydrogen) atoms. The summed E-state index contributed by atoms with van der Waals surface area (Å²) in [5.74, 6) is -13.6. The number of carboxylic acids is 3. The van der Waals surface area contributed by atoms with Gasteiger partial charge in [0.15, 0.2) is 5.96 Å². The maximum Gasteiger partial charge on any atom is 0.326 e. The summed E-state index contributed by atoms with van der Waals surface area (Å²) in [4.78, 5) is 137. The Bertz CT molecular complexity index is 1590. The van der Waals surface area contributed by atoms with Crippen LogP contribution in [0.4, 0.5) is 0 Å². The second kappa shape index (κ2) is 25.6. The molecule has 0 unspecified atom stereocenters. The molecule has 0 fully saturated rings. The van der Waals surface area contributed by atoms with Crippen LogP contribution in [0.1, 0.15) is 73.1 Å².